The Morgan fingerprint density at radius 3 is 2.96 bits per heavy atom. The first kappa shape index (κ1) is 16.4. The average Bonchev–Trinajstić information content (AvgIpc) is 3.41. The second-order valence-electron chi connectivity index (χ2n) is 6.43. The summed E-state index contributed by atoms with van der Waals surface area (Å²) in [5.74, 6) is 0.410. The third-order valence-corrected chi connectivity index (χ3v) is 4.91. The van der Waals surface area contributed by atoms with Crippen molar-refractivity contribution in [2.24, 2.45) is 5.73 Å². The Kier molecular flexibility index (Phi) is 4.36. The summed E-state index contributed by atoms with van der Waals surface area (Å²) in [6.07, 6.45) is 5.21. The maximum Gasteiger partial charge on any atom is 0.247 e. The van der Waals surface area contributed by atoms with Gasteiger partial charge in [-0.3, -0.25) is 19.2 Å². The average molecular weight is 360 g/mol. The molecule has 2 N–H and O–H groups in total. The Balaban J connectivity index is 1.62. The zero-order valence-corrected chi connectivity index (χ0v) is 14.6. The van der Waals surface area contributed by atoms with Crippen molar-refractivity contribution in [2.75, 3.05) is 19.7 Å². The summed E-state index contributed by atoms with van der Waals surface area (Å²) in [6.45, 7) is 2.15. The highest BCUT2D eigenvalue weighted by atomic mass is 32.1. The zero-order chi connectivity index (χ0) is 17.4. The topological polar surface area (TPSA) is 91.2 Å². The van der Waals surface area contributed by atoms with Gasteiger partial charge in [-0.1, -0.05) is 0 Å². The summed E-state index contributed by atoms with van der Waals surface area (Å²) in [5, 5.41) is 4.74. The van der Waals surface area contributed by atoms with Crippen LogP contribution in [-0.2, 0) is 16.2 Å². The summed E-state index contributed by atoms with van der Waals surface area (Å²) in [4.78, 5) is 17.7. The predicted octanol–water partition coefficient (Wildman–Crippen LogP) is 0.955. The molecule has 0 aromatic carbocycles. The van der Waals surface area contributed by atoms with Crippen molar-refractivity contribution < 1.29 is 9.53 Å². The summed E-state index contributed by atoms with van der Waals surface area (Å²) < 4.78 is 10.0. The van der Waals surface area contributed by atoms with Crippen LogP contribution in [0.2, 0.25) is 0 Å². The molecule has 2 fully saturated rings. The summed E-state index contributed by atoms with van der Waals surface area (Å²) in [6, 6.07) is 4.30. The van der Waals surface area contributed by atoms with E-state index in [-0.39, 0.29) is 0 Å². The zero-order valence-electron chi connectivity index (χ0n) is 13.7. The lowest BCUT2D eigenvalue weighted by atomic mass is 10.3. The van der Waals surface area contributed by atoms with E-state index in [0.29, 0.717) is 37.2 Å². The molecule has 8 nitrogen and oxygen atoms in total. The van der Waals surface area contributed by atoms with Crippen molar-refractivity contribution >= 4 is 18.1 Å². The van der Waals surface area contributed by atoms with Gasteiger partial charge in [0.25, 0.3) is 0 Å². The molecule has 1 aliphatic carbocycles. The standard InChI is InChI=1S/C16H20N6O2S/c17-14(23)13-9-20(6-7-24-13)10-21-16(25)22(12-3-4-12)15(19-21)11-2-1-5-18-8-11/h1-2,5,8,12-13H,3-4,6-7,9-10H2,(H2,17,23)/t13-/m0/s1. The number of ether oxygens (including phenoxy) is 1. The van der Waals surface area contributed by atoms with Crippen LogP contribution in [0.3, 0.4) is 0 Å². The van der Waals surface area contributed by atoms with Gasteiger partial charge in [-0.25, -0.2) is 4.68 Å². The maximum atomic E-state index is 11.4. The van der Waals surface area contributed by atoms with Crippen LogP contribution in [0.1, 0.15) is 18.9 Å². The normalized spacial score (nSPS) is 21.4. The number of carbonyl (C=O) groups excluding carboxylic acids is 1. The third kappa shape index (κ3) is 3.35. The number of primary amides is 1. The van der Waals surface area contributed by atoms with E-state index in [9.17, 15) is 4.79 Å². The van der Waals surface area contributed by atoms with Crippen molar-refractivity contribution in [3.63, 3.8) is 0 Å². The van der Waals surface area contributed by atoms with E-state index < -0.39 is 12.0 Å². The number of rotatable bonds is 5. The van der Waals surface area contributed by atoms with Crippen LogP contribution in [-0.4, -0.2) is 55.9 Å². The number of nitrogens with two attached hydrogens (primary N) is 1. The van der Waals surface area contributed by atoms with Crippen LogP contribution in [0.4, 0.5) is 0 Å². The molecule has 2 aromatic heterocycles. The molecule has 0 radical (unpaired) electrons. The monoisotopic (exact) mass is 360 g/mol. The number of amides is 1. The molecular weight excluding hydrogens is 340 g/mol. The molecule has 0 spiro atoms. The lowest BCUT2D eigenvalue weighted by molar-refractivity contribution is -0.136. The Morgan fingerprint density at radius 2 is 2.28 bits per heavy atom. The molecule has 9 heteroatoms. The molecule has 1 aliphatic heterocycles. The van der Waals surface area contributed by atoms with Crippen LogP contribution < -0.4 is 5.73 Å². The number of carbonyl (C=O) groups is 1. The highest BCUT2D eigenvalue weighted by molar-refractivity contribution is 7.71. The molecule has 1 saturated carbocycles. The molecule has 0 bridgehead atoms. The second kappa shape index (κ2) is 6.66. The van der Waals surface area contributed by atoms with Crippen LogP contribution in [0.15, 0.2) is 24.5 Å². The van der Waals surface area contributed by atoms with Crippen LogP contribution in [0, 0.1) is 4.77 Å². The molecule has 3 heterocycles. The van der Waals surface area contributed by atoms with Gasteiger partial charge in [-0.2, -0.15) is 5.10 Å². The summed E-state index contributed by atoms with van der Waals surface area (Å²) in [7, 11) is 0. The van der Waals surface area contributed by atoms with Gasteiger partial charge < -0.3 is 10.5 Å². The van der Waals surface area contributed by atoms with Crippen LogP contribution in [0.5, 0.6) is 0 Å². The van der Waals surface area contributed by atoms with E-state index in [2.05, 4.69) is 14.5 Å². The minimum absolute atomic E-state index is 0.416. The first-order valence-corrected chi connectivity index (χ1v) is 8.77. The number of morpholine rings is 1. The first-order chi connectivity index (χ1) is 12.1. The lowest BCUT2D eigenvalue weighted by Gasteiger charge is -2.30. The fraction of sp³-hybridized carbons (Fsp3) is 0.500. The molecule has 2 aliphatic rings. The van der Waals surface area contributed by atoms with Gasteiger partial charge in [-0.05, 0) is 37.2 Å². The molecule has 4 rings (SSSR count). The smallest absolute Gasteiger partial charge is 0.247 e. The van der Waals surface area contributed by atoms with Gasteiger partial charge in [0.2, 0.25) is 5.91 Å². The van der Waals surface area contributed by atoms with Crippen molar-refractivity contribution in [3.05, 3.63) is 29.3 Å². The fourth-order valence-corrected chi connectivity index (χ4v) is 3.39. The van der Waals surface area contributed by atoms with Gasteiger partial charge in [-0.15, -0.1) is 0 Å². The van der Waals surface area contributed by atoms with Gasteiger partial charge in [0, 0.05) is 37.1 Å². The van der Waals surface area contributed by atoms with E-state index >= 15 is 0 Å². The Morgan fingerprint density at radius 1 is 1.44 bits per heavy atom. The number of aromatic nitrogens is 4. The molecule has 25 heavy (non-hydrogen) atoms. The maximum absolute atomic E-state index is 11.4. The number of hydrogen-bond acceptors (Lipinski definition) is 6. The Hall–Kier alpha value is -2.10. The van der Waals surface area contributed by atoms with Gasteiger partial charge in [0.15, 0.2) is 10.6 Å². The van der Waals surface area contributed by atoms with E-state index in [1.165, 1.54) is 0 Å². The Labute approximate surface area is 150 Å². The van der Waals surface area contributed by atoms with Crippen LogP contribution >= 0.6 is 12.2 Å². The SMILES string of the molecule is NC(=O)[C@@H]1CN(Cn2nc(-c3cccnc3)n(C3CC3)c2=S)CCO1. The van der Waals surface area contributed by atoms with Crippen LogP contribution in [0.25, 0.3) is 11.4 Å². The number of nitrogens with zero attached hydrogens (tertiary/aromatic N) is 5. The van der Waals surface area contributed by atoms with E-state index in [1.54, 1.807) is 12.4 Å². The van der Waals surface area contributed by atoms with Gasteiger partial charge >= 0.3 is 0 Å². The number of hydrogen-bond donors (Lipinski definition) is 1. The molecule has 1 amide bonds. The predicted molar refractivity (Wildman–Crippen MR) is 93.1 cm³/mol. The van der Waals surface area contributed by atoms with Gasteiger partial charge in [0.05, 0.1) is 13.3 Å². The van der Waals surface area contributed by atoms with E-state index in [0.717, 1.165) is 24.2 Å². The molecule has 2 aromatic rings. The highest BCUT2D eigenvalue weighted by Crippen LogP contribution is 2.38. The lowest BCUT2D eigenvalue weighted by Crippen LogP contribution is -2.48. The van der Waals surface area contributed by atoms with E-state index in [1.807, 2.05) is 16.8 Å². The number of pyridine rings is 1. The highest BCUT2D eigenvalue weighted by Gasteiger charge is 2.30. The molecule has 132 valence electrons. The summed E-state index contributed by atoms with van der Waals surface area (Å²) in [5.41, 5.74) is 6.32. The second-order valence-corrected chi connectivity index (χ2v) is 6.79. The fourth-order valence-electron chi connectivity index (χ4n) is 3.06. The van der Waals surface area contributed by atoms with Gasteiger partial charge in [0.1, 0.15) is 6.10 Å². The van der Waals surface area contributed by atoms with Crippen molar-refractivity contribution in [3.8, 4) is 11.4 Å². The van der Waals surface area contributed by atoms with E-state index in [4.69, 9.17) is 27.8 Å². The van der Waals surface area contributed by atoms with Crippen molar-refractivity contribution in [1.82, 2.24) is 24.2 Å². The largest absolute Gasteiger partial charge is 0.367 e. The molecule has 1 atom stereocenters. The minimum Gasteiger partial charge on any atom is -0.367 e. The molecule has 0 unspecified atom stereocenters. The van der Waals surface area contributed by atoms with Crippen molar-refractivity contribution in [2.45, 2.75) is 31.7 Å². The Bertz CT molecular complexity index is 829. The quantitative estimate of drug-likeness (QED) is 0.799. The van der Waals surface area contributed by atoms with Crippen molar-refractivity contribution in [1.29, 1.82) is 0 Å². The first-order valence-electron chi connectivity index (χ1n) is 8.36. The third-order valence-electron chi connectivity index (χ3n) is 4.50. The summed E-state index contributed by atoms with van der Waals surface area (Å²) >= 11 is 5.67. The minimum atomic E-state index is -0.578. The molecule has 1 saturated heterocycles. The molecular formula is C16H20N6O2S.